The highest BCUT2D eigenvalue weighted by molar-refractivity contribution is 5.59. The molecule has 100 valence electrons. The summed E-state index contributed by atoms with van der Waals surface area (Å²) >= 11 is 0. The molecule has 1 atom stereocenters. The number of benzene rings is 1. The van der Waals surface area contributed by atoms with Gasteiger partial charge in [0.15, 0.2) is 0 Å². The average molecular weight is 248 g/mol. The maximum atomic E-state index is 5.46. The van der Waals surface area contributed by atoms with Crippen LogP contribution in [0.15, 0.2) is 12.1 Å². The Bertz CT molecular complexity index is 398. The Morgan fingerprint density at radius 3 is 2.89 bits per heavy atom. The van der Waals surface area contributed by atoms with E-state index < -0.39 is 0 Å². The van der Waals surface area contributed by atoms with Crippen LogP contribution >= 0.6 is 0 Å². The molecule has 0 spiro atoms. The van der Waals surface area contributed by atoms with Crippen LogP contribution in [0.3, 0.4) is 0 Å². The topological polar surface area (TPSA) is 33.3 Å². The van der Waals surface area contributed by atoms with E-state index in [0.29, 0.717) is 0 Å². The van der Waals surface area contributed by atoms with Crippen molar-refractivity contribution in [1.82, 2.24) is 5.32 Å². The average Bonchev–Trinajstić information content (AvgIpc) is 2.40. The van der Waals surface area contributed by atoms with Crippen LogP contribution < -0.4 is 15.4 Å². The molecule has 3 heteroatoms. The molecule has 1 aromatic rings. The van der Waals surface area contributed by atoms with Crippen LogP contribution in [0.25, 0.3) is 0 Å². The normalized spacial score (nSPS) is 19.6. The predicted molar refractivity (Wildman–Crippen MR) is 76.6 cm³/mol. The molecule has 1 unspecified atom stereocenters. The zero-order chi connectivity index (χ0) is 13.0. The third kappa shape index (κ3) is 2.96. The summed E-state index contributed by atoms with van der Waals surface area (Å²) in [6.45, 7) is 7.55. The third-order valence-corrected chi connectivity index (χ3v) is 3.79. The van der Waals surface area contributed by atoms with Crippen molar-refractivity contribution in [1.29, 1.82) is 0 Å². The van der Waals surface area contributed by atoms with E-state index in [-0.39, 0.29) is 0 Å². The molecule has 2 N–H and O–H groups in total. The van der Waals surface area contributed by atoms with Gasteiger partial charge in [-0.25, -0.2) is 0 Å². The van der Waals surface area contributed by atoms with E-state index in [0.717, 1.165) is 24.8 Å². The number of hydrogen-bond acceptors (Lipinski definition) is 3. The van der Waals surface area contributed by atoms with Crippen molar-refractivity contribution >= 4 is 5.69 Å². The molecule has 1 aliphatic rings. The Hall–Kier alpha value is -1.22. The maximum Gasteiger partial charge on any atom is 0.126 e. The maximum absolute atomic E-state index is 5.46. The summed E-state index contributed by atoms with van der Waals surface area (Å²) in [5.74, 6) is 1.74. The summed E-state index contributed by atoms with van der Waals surface area (Å²) in [6, 6.07) is 4.27. The molecule has 0 bridgehead atoms. The van der Waals surface area contributed by atoms with Gasteiger partial charge in [-0.1, -0.05) is 6.07 Å². The number of methoxy groups -OCH3 is 1. The zero-order valence-corrected chi connectivity index (χ0v) is 11.7. The second-order valence-corrected chi connectivity index (χ2v) is 5.18. The number of hydrogen-bond donors (Lipinski definition) is 2. The lowest BCUT2D eigenvalue weighted by Crippen LogP contribution is -2.33. The fourth-order valence-electron chi connectivity index (χ4n) is 2.69. The van der Waals surface area contributed by atoms with Crippen molar-refractivity contribution in [2.75, 3.05) is 32.1 Å². The minimum atomic E-state index is 0.741. The summed E-state index contributed by atoms with van der Waals surface area (Å²) in [7, 11) is 1.74. The SMILES string of the molecule is COc1c(C)ccc(NCC2CCCNC2)c1C. The fourth-order valence-corrected chi connectivity index (χ4v) is 2.69. The fraction of sp³-hybridized carbons (Fsp3) is 0.600. The third-order valence-electron chi connectivity index (χ3n) is 3.79. The number of rotatable bonds is 4. The van der Waals surface area contributed by atoms with Gasteiger partial charge in [0.05, 0.1) is 7.11 Å². The van der Waals surface area contributed by atoms with Crippen LogP contribution in [0.4, 0.5) is 5.69 Å². The molecule has 1 saturated heterocycles. The van der Waals surface area contributed by atoms with E-state index >= 15 is 0 Å². The second-order valence-electron chi connectivity index (χ2n) is 5.18. The van der Waals surface area contributed by atoms with Gasteiger partial charge in [0, 0.05) is 17.8 Å². The summed E-state index contributed by atoms with van der Waals surface area (Å²) in [6.07, 6.45) is 2.62. The van der Waals surface area contributed by atoms with Gasteiger partial charge in [0.1, 0.15) is 5.75 Å². The van der Waals surface area contributed by atoms with Crippen molar-refractivity contribution in [3.63, 3.8) is 0 Å². The Morgan fingerprint density at radius 2 is 2.22 bits per heavy atom. The van der Waals surface area contributed by atoms with Crippen molar-refractivity contribution in [3.8, 4) is 5.75 Å². The molecule has 0 radical (unpaired) electrons. The van der Waals surface area contributed by atoms with Crippen molar-refractivity contribution in [2.24, 2.45) is 5.92 Å². The van der Waals surface area contributed by atoms with Gasteiger partial charge in [0.25, 0.3) is 0 Å². The van der Waals surface area contributed by atoms with Gasteiger partial charge in [-0.05, 0) is 57.3 Å². The Balaban J connectivity index is 2.00. The molecule has 1 heterocycles. The predicted octanol–water partition coefficient (Wildman–Crippen LogP) is 2.72. The number of piperidine rings is 1. The quantitative estimate of drug-likeness (QED) is 0.859. The lowest BCUT2D eigenvalue weighted by Gasteiger charge is -2.24. The Labute approximate surface area is 110 Å². The molecule has 18 heavy (non-hydrogen) atoms. The molecule has 0 aromatic heterocycles. The van der Waals surface area contributed by atoms with Crippen LogP contribution in [0.2, 0.25) is 0 Å². The first-order chi connectivity index (χ1) is 8.72. The first-order valence-electron chi connectivity index (χ1n) is 6.81. The number of anilines is 1. The highest BCUT2D eigenvalue weighted by atomic mass is 16.5. The molecular formula is C15H24N2O. The minimum absolute atomic E-state index is 0.741. The van der Waals surface area contributed by atoms with Gasteiger partial charge < -0.3 is 15.4 Å². The number of aryl methyl sites for hydroxylation is 1. The molecule has 3 nitrogen and oxygen atoms in total. The number of ether oxygens (including phenoxy) is 1. The summed E-state index contributed by atoms with van der Waals surface area (Å²) in [5, 5.41) is 7.02. The number of nitrogens with one attached hydrogen (secondary N) is 2. The highest BCUT2D eigenvalue weighted by Crippen LogP contribution is 2.29. The van der Waals surface area contributed by atoms with Crippen LogP contribution in [-0.2, 0) is 0 Å². The Morgan fingerprint density at radius 1 is 1.39 bits per heavy atom. The second kappa shape index (κ2) is 6.10. The molecule has 1 fully saturated rings. The first-order valence-corrected chi connectivity index (χ1v) is 6.81. The van der Waals surface area contributed by atoms with E-state index in [1.54, 1.807) is 7.11 Å². The molecule has 0 aliphatic carbocycles. The van der Waals surface area contributed by atoms with Gasteiger partial charge in [0.2, 0.25) is 0 Å². The van der Waals surface area contributed by atoms with Gasteiger partial charge in [-0.2, -0.15) is 0 Å². The Kier molecular flexibility index (Phi) is 4.48. The van der Waals surface area contributed by atoms with Crippen LogP contribution in [0.5, 0.6) is 5.75 Å². The molecule has 2 rings (SSSR count). The van der Waals surface area contributed by atoms with Crippen molar-refractivity contribution in [3.05, 3.63) is 23.3 Å². The lowest BCUT2D eigenvalue weighted by molar-refractivity contribution is 0.392. The van der Waals surface area contributed by atoms with Gasteiger partial charge in [-0.3, -0.25) is 0 Å². The van der Waals surface area contributed by atoms with Crippen molar-refractivity contribution in [2.45, 2.75) is 26.7 Å². The summed E-state index contributed by atoms with van der Waals surface area (Å²) < 4.78 is 5.46. The van der Waals surface area contributed by atoms with E-state index in [9.17, 15) is 0 Å². The van der Waals surface area contributed by atoms with Crippen LogP contribution in [-0.4, -0.2) is 26.7 Å². The summed E-state index contributed by atoms with van der Waals surface area (Å²) in [4.78, 5) is 0. The molecule has 1 aliphatic heterocycles. The van der Waals surface area contributed by atoms with Gasteiger partial charge >= 0.3 is 0 Å². The van der Waals surface area contributed by atoms with Crippen LogP contribution in [0, 0.1) is 19.8 Å². The molecule has 1 aromatic carbocycles. The van der Waals surface area contributed by atoms with Crippen molar-refractivity contribution < 1.29 is 4.74 Å². The molecule has 0 saturated carbocycles. The first kappa shape index (κ1) is 13.2. The summed E-state index contributed by atoms with van der Waals surface area (Å²) in [5.41, 5.74) is 3.60. The van der Waals surface area contributed by atoms with Gasteiger partial charge in [-0.15, -0.1) is 0 Å². The van der Waals surface area contributed by atoms with E-state index in [1.165, 1.54) is 36.2 Å². The van der Waals surface area contributed by atoms with E-state index in [2.05, 4.69) is 36.6 Å². The zero-order valence-electron chi connectivity index (χ0n) is 11.7. The van der Waals surface area contributed by atoms with E-state index in [4.69, 9.17) is 4.74 Å². The van der Waals surface area contributed by atoms with E-state index in [1.807, 2.05) is 0 Å². The standard InChI is InChI=1S/C15H24N2O/c1-11-6-7-14(12(2)15(11)18-3)17-10-13-5-4-8-16-9-13/h6-7,13,16-17H,4-5,8-10H2,1-3H3. The molecule has 0 amide bonds. The largest absolute Gasteiger partial charge is 0.496 e. The smallest absolute Gasteiger partial charge is 0.126 e. The highest BCUT2D eigenvalue weighted by Gasteiger charge is 2.13. The minimum Gasteiger partial charge on any atom is -0.496 e. The molecular weight excluding hydrogens is 224 g/mol. The monoisotopic (exact) mass is 248 g/mol. The lowest BCUT2D eigenvalue weighted by atomic mass is 9.99. The van der Waals surface area contributed by atoms with Crippen LogP contribution in [0.1, 0.15) is 24.0 Å².